The molecule has 0 bridgehead atoms. The third kappa shape index (κ3) is 4.31. The van der Waals surface area contributed by atoms with Gasteiger partial charge in [-0.15, -0.1) is 0 Å². The first-order chi connectivity index (χ1) is 5.61. The van der Waals surface area contributed by atoms with Crippen molar-refractivity contribution in [1.29, 1.82) is 0 Å². The fourth-order valence-electron chi connectivity index (χ4n) is 0.814. The van der Waals surface area contributed by atoms with Gasteiger partial charge in [0.25, 0.3) is 0 Å². The van der Waals surface area contributed by atoms with Crippen LogP contribution in [0.15, 0.2) is 0 Å². The van der Waals surface area contributed by atoms with Gasteiger partial charge in [0.15, 0.2) is 0 Å². The average Bonchev–Trinajstić information content (AvgIpc) is 2.04. The normalized spacial score (nSPS) is 15.6. The molecule has 0 saturated heterocycles. The highest BCUT2D eigenvalue weighted by atomic mass is 16.4. The number of aliphatic hydroxyl groups excluding tert-OH is 1. The molecule has 0 aromatic carbocycles. The summed E-state index contributed by atoms with van der Waals surface area (Å²) in [5, 5.41) is 20.2. The average molecular weight is 175 g/mol. The monoisotopic (exact) mass is 175 g/mol. The summed E-state index contributed by atoms with van der Waals surface area (Å²) in [5.41, 5.74) is 0. The van der Waals surface area contributed by atoms with E-state index < -0.39 is 12.0 Å². The summed E-state index contributed by atoms with van der Waals surface area (Å²) in [7, 11) is 0. The minimum absolute atomic E-state index is 0.0864. The SMILES string of the molecule is CCC(NCC(C)CO)C(=O)O. The number of carboxylic acids is 1. The maximum absolute atomic E-state index is 10.5. The number of aliphatic hydroxyl groups is 1. The third-order valence-electron chi connectivity index (χ3n) is 1.73. The van der Waals surface area contributed by atoms with E-state index in [1.807, 2.05) is 13.8 Å². The number of carbonyl (C=O) groups is 1. The summed E-state index contributed by atoms with van der Waals surface area (Å²) in [5.74, 6) is -0.721. The topological polar surface area (TPSA) is 69.6 Å². The van der Waals surface area contributed by atoms with Crippen LogP contribution in [0.1, 0.15) is 20.3 Å². The molecular formula is C8H17NO3. The first-order valence-electron chi connectivity index (χ1n) is 4.18. The van der Waals surface area contributed by atoms with Crippen LogP contribution in [0.3, 0.4) is 0 Å². The molecule has 0 aromatic heterocycles. The lowest BCUT2D eigenvalue weighted by molar-refractivity contribution is -0.139. The van der Waals surface area contributed by atoms with Gasteiger partial charge in [-0.25, -0.2) is 0 Å². The Morgan fingerprint density at radius 2 is 2.17 bits per heavy atom. The van der Waals surface area contributed by atoms with Gasteiger partial charge in [-0.3, -0.25) is 4.79 Å². The summed E-state index contributed by atoms with van der Waals surface area (Å²) in [6.45, 7) is 4.31. The fourth-order valence-corrected chi connectivity index (χ4v) is 0.814. The Balaban J connectivity index is 3.65. The summed E-state index contributed by atoms with van der Waals surface area (Å²) >= 11 is 0. The smallest absolute Gasteiger partial charge is 0.320 e. The summed E-state index contributed by atoms with van der Waals surface area (Å²) in [6.07, 6.45) is 0.563. The van der Waals surface area contributed by atoms with Crippen molar-refractivity contribution in [2.24, 2.45) is 5.92 Å². The molecule has 4 heteroatoms. The predicted molar refractivity (Wildman–Crippen MR) is 46.0 cm³/mol. The Labute approximate surface area is 72.6 Å². The molecule has 0 saturated carbocycles. The molecule has 0 spiro atoms. The lowest BCUT2D eigenvalue weighted by Crippen LogP contribution is -2.39. The van der Waals surface area contributed by atoms with Crippen LogP contribution >= 0.6 is 0 Å². The molecule has 3 N–H and O–H groups in total. The van der Waals surface area contributed by atoms with Crippen molar-refractivity contribution in [2.45, 2.75) is 26.3 Å². The number of carboxylic acid groups (broad SMARTS) is 1. The van der Waals surface area contributed by atoms with Crippen LogP contribution in [0.4, 0.5) is 0 Å². The van der Waals surface area contributed by atoms with Crippen LogP contribution in [0.2, 0.25) is 0 Å². The van der Waals surface area contributed by atoms with Crippen molar-refractivity contribution in [3.05, 3.63) is 0 Å². The van der Waals surface area contributed by atoms with E-state index in [1.165, 1.54) is 0 Å². The van der Waals surface area contributed by atoms with E-state index in [1.54, 1.807) is 0 Å². The molecule has 0 aliphatic carbocycles. The van der Waals surface area contributed by atoms with E-state index in [0.29, 0.717) is 13.0 Å². The maximum atomic E-state index is 10.5. The van der Waals surface area contributed by atoms with Gasteiger partial charge in [0.2, 0.25) is 0 Å². The van der Waals surface area contributed by atoms with Crippen molar-refractivity contribution >= 4 is 5.97 Å². The second-order valence-electron chi connectivity index (χ2n) is 3.00. The zero-order valence-electron chi connectivity index (χ0n) is 7.58. The number of nitrogens with one attached hydrogen (secondary N) is 1. The van der Waals surface area contributed by atoms with Gasteiger partial charge in [0, 0.05) is 13.2 Å². The van der Waals surface area contributed by atoms with Crippen molar-refractivity contribution in [3.63, 3.8) is 0 Å². The van der Waals surface area contributed by atoms with Crippen LogP contribution in [0, 0.1) is 5.92 Å². The van der Waals surface area contributed by atoms with Crippen LogP contribution < -0.4 is 5.32 Å². The largest absolute Gasteiger partial charge is 0.480 e. The maximum Gasteiger partial charge on any atom is 0.320 e. The van der Waals surface area contributed by atoms with Crippen LogP contribution in [0.25, 0.3) is 0 Å². The van der Waals surface area contributed by atoms with Crippen molar-refractivity contribution < 1.29 is 15.0 Å². The minimum Gasteiger partial charge on any atom is -0.480 e. The molecule has 2 atom stereocenters. The Bertz CT molecular complexity index is 138. The quantitative estimate of drug-likeness (QED) is 0.534. The number of hydrogen-bond acceptors (Lipinski definition) is 3. The van der Waals surface area contributed by atoms with Crippen LogP contribution in [-0.2, 0) is 4.79 Å². The van der Waals surface area contributed by atoms with Crippen LogP contribution in [0.5, 0.6) is 0 Å². The van der Waals surface area contributed by atoms with Crippen molar-refractivity contribution in [3.8, 4) is 0 Å². The van der Waals surface area contributed by atoms with Gasteiger partial charge in [-0.1, -0.05) is 13.8 Å². The molecule has 12 heavy (non-hydrogen) atoms. The zero-order chi connectivity index (χ0) is 9.56. The Hall–Kier alpha value is -0.610. The Morgan fingerprint density at radius 3 is 2.50 bits per heavy atom. The van der Waals surface area contributed by atoms with Gasteiger partial charge in [-0.2, -0.15) is 0 Å². The van der Waals surface area contributed by atoms with Crippen LogP contribution in [-0.4, -0.2) is 35.4 Å². The molecule has 0 heterocycles. The lowest BCUT2D eigenvalue weighted by Gasteiger charge is -2.14. The highest BCUT2D eigenvalue weighted by molar-refractivity contribution is 5.73. The standard InChI is InChI=1S/C8H17NO3/c1-3-7(8(11)12)9-4-6(2)5-10/h6-7,9-10H,3-5H2,1-2H3,(H,11,12). The second kappa shape index (κ2) is 5.97. The molecule has 0 aliphatic heterocycles. The first-order valence-corrected chi connectivity index (χ1v) is 4.18. The molecule has 72 valence electrons. The fraction of sp³-hybridized carbons (Fsp3) is 0.875. The molecule has 0 radical (unpaired) electrons. The molecule has 2 unspecified atom stereocenters. The molecule has 4 nitrogen and oxygen atoms in total. The van der Waals surface area contributed by atoms with Gasteiger partial charge in [0.05, 0.1) is 0 Å². The van der Waals surface area contributed by atoms with Gasteiger partial charge in [0.1, 0.15) is 6.04 Å². The molecule has 0 amide bonds. The summed E-state index contributed by atoms with van der Waals surface area (Å²) in [6, 6.07) is -0.487. The van der Waals surface area contributed by atoms with E-state index in [4.69, 9.17) is 10.2 Å². The second-order valence-corrected chi connectivity index (χ2v) is 3.00. The van der Waals surface area contributed by atoms with E-state index in [-0.39, 0.29) is 12.5 Å². The zero-order valence-corrected chi connectivity index (χ0v) is 7.58. The Kier molecular flexibility index (Phi) is 5.66. The summed E-state index contributed by atoms with van der Waals surface area (Å²) < 4.78 is 0. The van der Waals surface area contributed by atoms with Crippen molar-refractivity contribution in [2.75, 3.05) is 13.2 Å². The molecule has 0 fully saturated rings. The third-order valence-corrected chi connectivity index (χ3v) is 1.73. The Morgan fingerprint density at radius 1 is 1.58 bits per heavy atom. The predicted octanol–water partition coefficient (Wildman–Crippen LogP) is 0.0676. The van der Waals surface area contributed by atoms with E-state index in [9.17, 15) is 4.79 Å². The number of rotatable bonds is 6. The van der Waals surface area contributed by atoms with E-state index >= 15 is 0 Å². The molecular weight excluding hydrogens is 158 g/mol. The number of hydrogen-bond donors (Lipinski definition) is 3. The van der Waals surface area contributed by atoms with Gasteiger partial charge >= 0.3 is 5.97 Å². The van der Waals surface area contributed by atoms with Gasteiger partial charge in [-0.05, 0) is 12.3 Å². The molecule has 0 rings (SSSR count). The minimum atomic E-state index is -0.831. The van der Waals surface area contributed by atoms with E-state index in [0.717, 1.165) is 0 Å². The van der Waals surface area contributed by atoms with E-state index in [2.05, 4.69) is 5.32 Å². The molecule has 0 aromatic rings. The summed E-state index contributed by atoms with van der Waals surface area (Å²) in [4.78, 5) is 10.5. The van der Waals surface area contributed by atoms with Crippen molar-refractivity contribution in [1.82, 2.24) is 5.32 Å². The van der Waals surface area contributed by atoms with Gasteiger partial charge < -0.3 is 15.5 Å². The molecule has 0 aliphatic rings. The number of aliphatic carboxylic acids is 1. The highest BCUT2D eigenvalue weighted by Crippen LogP contribution is 1.94. The first kappa shape index (κ1) is 11.4. The highest BCUT2D eigenvalue weighted by Gasteiger charge is 2.14. The lowest BCUT2D eigenvalue weighted by atomic mass is 10.1.